The Kier molecular flexibility index (Phi) is 5.68. The summed E-state index contributed by atoms with van der Waals surface area (Å²) in [6, 6.07) is 18.6. The van der Waals surface area contributed by atoms with Crippen LogP contribution in [0, 0.1) is 0 Å². The molecule has 1 saturated heterocycles. The number of carboxylic acid groups (broad SMARTS) is 1. The topological polar surface area (TPSA) is 53.0 Å². The van der Waals surface area contributed by atoms with E-state index in [1.165, 1.54) is 5.56 Å². The van der Waals surface area contributed by atoms with E-state index >= 15 is 0 Å². The third-order valence-corrected chi connectivity index (χ3v) is 4.63. The largest absolute Gasteiger partial charge is 0.482 e. The van der Waals surface area contributed by atoms with Gasteiger partial charge in [-0.3, -0.25) is 9.80 Å². The number of carbonyl (C=O) groups is 1. The molecule has 1 N–H and O–H groups in total. The Morgan fingerprint density at radius 1 is 1.12 bits per heavy atom. The van der Waals surface area contributed by atoms with Crippen molar-refractivity contribution in [3.8, 4) is 5.75 Å². The standard InChI is InChI=1S/C20H24N2O3/c1-21-11-12-22(14-18(21)16-7-3-2-4-8-16)13-17-9-5-6-10-19(17)25-15-20(23)24/h2-10,18H,11-15H2,1H3,(H,23,24). The van der Waals surface area contributed by atoms with Crippen molar-refractivity contribution < 1.29 is 14.6 Å². The predicted molar refractivity (Wildman–Crippen MR) is 96.7 cm³/mol. The SMILES string of the molecule is CN1CCN(Cc2ccccc2OCC(=O)O)CC1c1ccccc1. The number of rotatable bonds is 6. The van der Waals surface area contributed by atoms with E-state index in [1.54, 1.807) is 0 Å². The Bertz CT molecular complexity index is 705. The first-order valence-corrected chi connectivity index (χ1v) is 8.53. The number of benzene rings is 2. The van der Waals surface area contributed by atoms with Gasteiger partial charge in [0.15, 0.2) is 6.61 Å². The van der Waals surface area contributed by atoms with Gasteiger partial charge < -0.3 is 9.84 Å². The molecule has 3 rings (SSSR count). The summed E-state index contributed by atoms with van der Waals surface area (Å²) in [5, 5.41) is 8.84. The second kappa shape index (κ2) is 8.14. The lowest BCUT2D eigenvalue weighted by atomic mass is 10.0. The monoisotopic (exact) mass is 340 g/mol. The van der Waals surface area contributed by atoms with Crippen LogP contribution < -0.4 is 4.74 Å². The molecular weight excluding hydrogens is 316 g/mol. The number of nitrogens with zero attached hydrogens (tertiary/aromatic N) is 2. The van der Waals surface area contributed by atoms with Gasteiger partial charge in [-0.15, -0.1) is 0 Å². The number of hydrogen-bond acceptors (Lipinski definition) is 4. The molecule has 0 bridgehead atoms. The summed E-state index contributed by atoms with van der Waals surface area (Å²) in [4.78, 5) is 15.6. The van der Waals surface area contributed by atoms with Crippen molar-refractivity contribution in [1.82, 2.24) is 9.80 Å². The maximum absolute atomic E-state index is 10.8. The van der Waals surface area contributed by atoms with Gasteiger partial charge in [-0.05, 0) is 18.7 Å². The summed E-state index contributed by atoms with van der Waals surface area (Å²) in [5.74, 6) is -0.307. The molecule has 2 aromatic rings. The number of para-hydroxylation sites is 1. The zero-order valence-corrected chi connectivity index (χ0v) is 14.5. The Hall–Kier alpha value is -2.37. The van der Waals surface area contributed by atoms with Crippen LogP contribution in [0.3, 0.4) is 0 Å². The second-order valence-electron chi connectivity index (χ2n) is 6.43. The summed E-state index contributed by atoms with van der Waals surface area (Å²) in [7, 11) is 2.17. The second-order valence-corrected chi connectivity index (χ2v) is 6.43. The van der Waals surface area contributed by atoms with Gasteiger partial charge in [0.2, 0.25) is 0 Å². The zero-order chi connectivity index (χ0) is 17.6. The van der Waals surface area contributed by atoms with E-state index in [9.17, 15) is 4.79 Å². The third-order valence-electron chi connectivity index (χ3n) is 4.63. The van der Waals surface area contributed by atoms with Crippen molar-refractivity contribution in [3.05, 3.63) is 65.7 Å². The van der Waals surface area contributed by atoms with Crippen molar-refractivity contribution in [3.63, 3.8) is 0 Å². The van der Waals surface area contributed by atoms with Gasteiger partial charge in [-0.1, -0.05) is 48.5 Å². The summed E-state index contributed by atoms with van der Waals surface area (Å²) in [5.41, 5.74) is 2.35. The van der Waals surface area contributed by atoms with Crippen LogP contribution in [-0.2, 0) is 11.3 Å². The Morgan fingerprint density at radius 2 is 1.84 bits per heavy atom. The molecule has 25 heavy (non-hydrogen) atoms. The fraction of sp³-hybridized carbons (Fsp3) is 0.350. The van der Waals surface area contributed by atoms with Gasteiger partial charge >= 0.3 is 5.97 Å². The third kappa shape index (κ3) is 4.59. The maximum Gasteiger partial charge on any atom is 0.341 e. The molecule has 5 heteroatoms. The summed E-state index contributed by atoms with van der Waals surface area (Å²) < 4.78 is 5.44. The normalized spacial score (nSPS) is 18.8. The van der Waals surface area contributed by atoms with Crippen LogP contribution >= 0.6 is 0 Å². The van der Waals surface area contributed by atoms with Crippen molar-refractivity contribution in [1.29, 1.82) is 0 Å². The lowest BCUT2D eigenvalue weighted by molar-refractivity contribution is -0.139. The number of aliphatic carboxylic acids is 1. The molecule has 5 nitrogen and oxygen atoms in total. The average molecular weight is 340 g/mol. The molecule has 1 heterocycles. The highest BCUT2D eigenvalue weighted by atomic mass is 16.5. The van der Waals surface area contributed by atoms with E-state index in [0.717, 1.165) is 31.7 Å². The highest BCUT2D eigenvalue weighted by Gasteiger charge is 2.26. The maximum atomic E-state index is 10.8. The molecule has 0 saturated carbocycles. The molecule has 0 radical (unpaired) electrons. The molecule has 132 valence electrons. The molecule has 1 aliphatic rings. The van der Waals surface area contributed by atoms with Crippen LogP contribution in [0.15, 0.2) is 54.6 Å². The van der Waals surface area contributed by atoms with Gasteiger partial charge in [0.05, 0.1) is 0 Å². The van der Waals surface area contributed by atoms with E-state index in [2.05, 4.69) is 41.1 Å². The summed E-state index contributed by atoms with van der Waals surface area (Å²) in [6.45, 7) is 3.36. The molecule has 0 spiro atoms. The lowest BCUT2D eigenvalue weighted by Crippen LogP contribution is -2.46. The van der Waals surface area contributed by atoms with Gasteiger partial charge in [0.25, 0.3) is 0 Å². The van der Waals surface area contributed by atoms with Crippen LogP contribution in [0.1, 0.15) is 17.2 Å². The average Bonchev–Trinajstić information content (AvgIpc) is 2.63. The fourth-order valence-corrected chi connectivity index (χ4v) is 3.26. The highest BCUT2D eigenvalue weighted by Crippen LogP contribution is 2.26. The smallest absolute Gasteiger partial charge is 0.341 e. The van der Waals surface area contributed by atoms with Gasteiger partial charge in [-0.2, -0.15) is 0 Å². The number of piperazine rings is 1. The summed E-state index contributed by atoms with van der Waals surface area (Å²) in [6.07, 6.45) is 0. The van der Waals surface area contributed by atoms with Crippen molar-refractivity contribution in [2.45, 2.75) is 12.6 Å². The Balaban J connectivity index is 1.70. The Labute approximate surface area is 148 Å². The minimum atomic E-state index is -0.960. The first-order valence-electron chi connectivity index (χ1n) is 8.53. The summed E-state index contributed by atoms with van der Waals surface area (Å²) >= 11 is 0. The molecule has 1 atom stereocenters. The zero-order valence-electron chi connectivity index (χ0n) is 14.5. The van der Waals surface area contributed by atoms with E-state index in [4.69, 9.17) is 9.84 Å². The lowest BCUT2D eigenvalue weighted by Gasteiger charge is -2.40. The molecule has 1 aliphatic heterocycles. The first kappa shape index (κ1) is 17.5. The van der Waals surface area contributed by atoms with Crippen molar-refractivity contribution >= 4 is 5.97 Å². The Morgan fingerprint density at radius 3 is 2.60 bits per heavy atom. The van der Waals surface area contributed by atoms with Crippen LogP contribution in [0.25, 0.3) is 0 Å². The molecule has 0 aliphatic carbocycles. The number of likely N-dealkylation sites (N-methyl/N-ethyl adjacent to an activating group) is 1. The van der Waals surface area contributed by atoms with E-state index in [-0.39, 0.29) is 6.61 Å². The van der Waals surface area contributed by atoms with Crippen LogP contribution in [0.2, 0.25) is 0 Å². The minimum Gasteiger partial charge on any atom is -0.482 e. The molecule has 0 aromatic heterocycles. The number of ether oxygens (including phenoxy) is 1. The molecule has 1 fully saturated rings. The molecular formula is C20H24N2O3. The fourth-order valence-electron chi connectivity index (χ4n) is 3.26. The molecule has 1 unspecified atom stereocenters. The van der Waals surface area contributed by atoms with Gasteiger partial charge in [-0.25, -0.2) is 4.79 Å². The quantitative estimate of drug-likeness (QED) is 0.876. The van der Waals surface area contributed by atoms with Gasteiger partial charge in [0, 0.05) is 37.8 Å². The first-order chi connectivity index (χ1) is 12.1. The van der Waals surface area contributed by atoms with Crippen molar-refractivity contribution in [2.24, 2.45) is 0 Å². The van der Waals surface area contributed by atoms with E-state index < -0.39 is 5.97 Å². The van der Waals surface area contributed by atoms with Gasteiger partial charge in [0.1, 0.15) is 5.75 Å². The number of carboxylic acids is 1. The predicted octanol–water partition coefficient (Wildman–Crippen LogP) is 2.64. The van der Waals surface area contributed by atoms with Crippen LogP contribution in [0.4, 0.5) is 0 Å². The number of hydrogen-bond donors (Lipinski definition) is 1. The van der Waals surface area contributed by atoms with E-state index in [0.29, 0.717) is 11.8 Å². The van der Waals surface area contributed by atoms with E-state index in [1.807, 2.05) is 30.3 Å². The minimum absolute atomic E-state index is 0.313. The van der Waals surface area contributed by atoms with Crippen molar-refractivity contribution in [2.75, 3.05) is 33.3 Å². The van der Waals surface area contributed by atoms with Crippen LogP contribution in [-0.4, -0.2) is 54.2 Å². The highest BCUT2D eigenvalue weighted by molar-refractivity contribution is 5.68. The molecule has 0 amide bonds. The van der Waals surface area contributed by atoms with Crippen LogP contribution in [0.5, 0.6) is 5.75 Å². The molecule has 2 aromatic carbocycles.